The molecule has 86 valence electrons. The zero-order valence-electron chi connectivity index (χ0n) is 8.95. The van der Waals surface area contributed by atoms with Crippen molar-refractivity contribution in [2.45, 2.75) is 31.7 Å². The van der Waals surface area contributed by atoms with Crippen LogP contribution in [0.1, 0.15) is 25.7 Å². The second-order valence-corrected chi connectivity index (χ2v) is 4.58. The van der Waals surface area contributed by atoms with E-state index in [1.54, 1.807) is 0 Å². The van der Waals surface area contributed by atoms with Crippen LogP contribution in [-0.4, -0.2) is 36.9 Å². The first-order valence-electron chi connectivity index (χ1n) is 5.81. The van der Waals surface area contributed by atoms with E-state index >= 15 is 0 Å². The van der Waals surface area contributed by atoms with Crippen molar-refractivity contribution in [3.05, 3.63) is 0 Å². The summed E-state index contributed by atoms with van der Waals surface area (Å²) in [6, 6.07) is 0.590. The van der Waals surface area contributed by atoms with Gasteiger partial charge in [-0.1, -0.05) is 0 Å². The molecule has 0 radical (unpaired) electrons. The molecule has 1 saturated heterocycles. The van der Waals surface area contributed by atoms with Gasteiger partial charge in [-0.2, -0.15) is 0 Å². The molecule has 15 heavy (non-hydrogen) atoms. The highest BCUT2D eigenvalue weighted by Crippen LogP contribution is 2.25. The Bertz CT molecular complexity index is 222. The molecule has 2 aliphatic rings. The van der Waals surface area contributed by atoms with Gasteiger partial charge in [-0.15, -0.1) is 0 Å². The number of nitrogens with one attached hydrogen (secondary N) is 1. The lowest BCUT2D eigenvalue weighted by atomic mass is 9.86. The fourth-order valence-electron chi connectivity index (χ4n) is 2.15. The maximum absolute atomic E-state index is 11.2. The average Bonchev–Trinajstić information content (AvgIpc) is 3.03. The molecule has 0 aromatic rings. The molecule has 4 nitrogen and oxygen atoms in total. The number of carboxylic acid groups (broad SMARTS) is 1. The highest BCUT2D eigenvalue weighted by molar-refractivity contribution is 5.70. The molecule has 0 aromatic carbocycles. The number of carboxylic acids is 1. The largest absolute Gasteiger partial charge is 0.481 e. The monoisotopic (exact) mass is 213 g/mol. The lowest BCUT2D eigenvalue weighted by Gasteiger charge is -2.27. The summed E-state index contributed by atoms with van der Waals surface area (Å²) < 4.78 is 5.25. The molecule has 1 heterocycles. The minimum absolute atomic E-state index is 0.227. The van der Waals surface area contributed by atoms with E-state index in [2.05, 4.69) is 5.32 Å². The zero-order chi connectivity index (χ0) is 10.7. The molecule has 2 N–H and O–H groups in total. The van der Waals surface area contributed by atoms with Crippen LogP contribution in [0.15, 0.2) is 0 Å². The van der Waals surface area contributed by atoms with Gasteiger partial charge in [0.2, 0.25) is 0 Å². The SMILES string of the molecule is O=C(O)C(CNC1CC1)C1CCOCC1. The first-order chi connectivity index (χ1) is 7.27. The summed E-state index contributed by atoms with van der Waals surface area (Å²) in [5.41, 5.74) is 0. The number of hydrogen-bond acceptors (Lipinski definition) is 3. The van der Waals surface area contributed by atoms with Crippen molar-refractivity contribution in [1.29, 1.82) is 0 Å². The Balaban J connectivity index is 1.82. The van der Waals surface area contributed by atoms with Crippen molar-refractivity contribution in [2.24, 2.45) is 11.8 Å². The van der Waals surface area contributed by atoms with E-state index in [-0.39, 0.29) is 5.92 Å². The Kier molecular flexibility index (Phi) is 3.59. The third-order valence-electron chi connectivity index (χ3n) is 3.36. The Morgan fingerprint density at radius 1 is 1.33 bits per heavy atom. The second kappa shape index (κ2) is 4.94. The summed E-state index contributed by atoms with van der Waals surface area (Å²) in [4.78, 5) is 11.2. The highest BCUT2D eigenvalue weighted by atomic mass is 16.5. The van der Waals surface area contributed by atoms with Crippen LogP contribution in [0.3, 0.4) is 0 Å². The summed E-state index contributed by atoms with van der Waals surface area (Å²) in [5.74, 6) is -0.591. The van der Waals surface area contributed by atoms with Crippen molar-refractivity contribution in [2.75, 3.05) is 19.8 Å². The Labute approximate surface area is 90.0 Å². The molecule has 1 saturated carbocycles. The Morgan fingerprint density at radius 3 is 2.53 bits per heavy atom. The number of hydrogen-bond donors (Lipinski definition) is 2. The number of carbonyl (C=O) groups is 1. The predicted molar refractivity (Wildman–Crippen MR) is 55.7 cm³/mol. The first kappa shape index (κ1) is 10.9. The molecular weight excluding hydrogens is 194 g/mol. The summed E-state index contributed by atoms with van der Waals surface area (Å²) >= 11 is 0. The Hall–Kier alpha value is -0.610. The van der Waals surface area contributed by atoms with E-state index in [0.717, 1.165) is 26.1 Å². The normalized spacial score (nSPS) is 25.1. The molecule has 1 aliphatic carbocycles. The van der Waals surface area contributed by atoms with Crippen molar-refractivity contribution >= 4 is 5.97 Å². The first-order valence-corrected chi connectivity index (χ1v) is 5.81. The van der Waals surface area contributed by atoms with E-state index < -0.39 is 5.97 Å². The van der Waals surface area contributed by atoms with Crippen LogP contribution < -0.4 is 5.32 Å². The third-order valence-corrected chi connectivity index (χ3v) is 3.36. The number of rotatable bonds is 5. The maximum atomic E-state index is 11.2. The van der Waals surface area contributed by atoms with E-state index in [0.29, 0.717) is 18.5 Å². The number of aliphatic carboxylic acids is 1. The van der Waals surface area contributed by atoms with Gasteiger partial charge in [0.1, 0.15) is 0 Å². The summed E-state index contributed by atoms with van der Waals surface area (Å²) in [7, 11) is 0. The van der Waals surface area contributed by atoms with Gasteiger partial charge in [0, 0.05) is 25.8 Å². The Morgan fingerprint density at radius 2 is 2.00 bits per heavy atom. The molecule has 2 fully saturated rings. The molecule has 1 atom stereocenters. The third kappa shape index (κ3) is 3.18. The summed E-state index contributed by atoms with van der Waals surface area (Å²) in [6.45, 7) is 2.07. The molecule has 0 aromatic heterocycles. The van der Waals surface area contributed by atoms with Crippen molar-refractivity contribution < 1.29 is 14.6 Å². The fraction of sp³-hybridized carbons (Fsp3) is 0.909. The smallest absolute Gasteiger partial charge is 0.308 e. The maximum Gasteiger partial charge on any atom is 0.308 e. The van der Waals surface area contributed by atoms with Crippen LogP contribution in [0.2, 0.25) is 0 Å². The van der Waals surface area contributed by atoms with Crippen LogP contribution in [0.4, 0.5) is 0 Å². The zero-order valence-corrected chi connectivity index (χ0v) is 8.95. The van der Waals surface area contributed by atoms with Crippen LogP contribution >= 0.6 is 0 Å². The van der Waals surface area contributed by atoms with Gasteiger partial charge in [-0.25, -0.2) is 0 Å². The van der Waals surface area contributed by atoms with Gasteiger partial charge < -0.3 is 15.2 Å². The quantitative estimate of drug-likeness (QED) is 0.711. The molecule has 4 heteroatoms. The average molecular weight is 213 g/mol. The van der Waals surface area contributed by atoms with Gasteiger partial charge in [-0.05, 0) is 31.6 Å². The summed E-state index contributed by atoms with van der Waals surface area (Å²) in [6.07, 6.45) is 4.20. The lowest BCUT2D eigenvalue weighted by molar-refractivity contribution is -0.144. The predicted octanol–water partition coefficient (Wildman–Crippen LogP) is 0.866. The summed E-state index contributed by atoms with van der Waals surface area (Å²) in [5, 5.41) is 12.5. The molecule has 0 spiro atoms. The lowest BCUT2D eigenvalue weighted by Crippen LogP contribution is -2.37. The molecule has 0 bridgehead atoms. The topological polar surface area (TPSA) is 58.6 Å². The number of ether oxygens (including phenoxy) is 1. The van der Waals surface area contributed by atoms with Gasteiger partial charge in [0.25, 0.3) is 0 Å². The molecular formula is C11H19NO3. The van der Waals surface area contributed by atoms with Crippen LogP contribution in [0.25, 0.3) is 0 Å². The second-order valence-electron chi connectivity index (χ2n) is 4.58. The minimum atomic E-state index is -0.657. The van der Waals surface area contributed by atoms with Gasteiger partial charge >= 0.3 is 5.97 Å². The van der Waals surface area contributed by atoms with Crippen molar-refractivity contribution in [3.63, 3.8) is 0 Å². The van der Waals surface area contributed by atoms with E-state index in [4.69, 9.17) is 4.74 Å². The van der Waals surface area contributed by atoms with E-state index in [1.807, 2.05) is 0 Å². The molecule has 2 rings (SSSR count). The highest BCUT2D eigenvalue weighted by Gasteiger charge is 2.31. The van der Waals surface area contributed by atoms with E-state index in [9.17, 15) is 9.90 Å². The van der Waals surface area contributed by atoms with E-state index in [1.165, 1.54) is 12.8 Å². The van der Waals surface area contributed by atoms with Crippen LogP contribution in [0.5, 0.6) is 0 Å². The molecule has 1 unspecified atom stereocenters. The standard InChI is InChI=1S/C11H19NO3/c13-11(14)10(7-12-9-1-2-9)8-3-5-15-6-4-8/h8-10,12H,1-7H2,(H,13,14). The van der Waals surface area contributed by atoms with Crippen LogP contribution in [-0.2, 0) is 9.53 Å². The van der Waals surface area contributed by atoms with Gasteiger partial charge in [0.05, 0.1) is 5.92 Å². The molecule has 0 amide bonds. The van der Waals surface area contributed by atoms with Gasteiger partial charge in [0.15, 0.2) is 0 Å². The van der Waals surface area contributed by atoms with Crippen molar-refractivity contribution in [3.8, 4) is 0 Å². The van der Waals surface area contributed by atoms with Crippen molar-refractivity contribution in [1.82, 2.24) is 5.32 Å². The van der Waals surface area contributed by atoms with Gasteiger partial charge in [-0.3, -0.25) is 4.79 Å². The van der Waals surface area contributed by atoms with Crippen LogP contribution in [0, 0.1) is 11.8 Å². The molecule has 1 aliphatic heterocycles. The minimum Gasteiger partial charge on any atom is -0.481 e. The fourth-order valence-corrected chi connectivity index (χ4v) is 2.15.